The van der Waals surface area contributed by atoms with Crippen LogP contribution in [0.1, 0.15) is 11.3 Å². The van der Waals surface area contributed by atoms with Crippen molar-refractivity contribution >= 4 is 29.2 Å². The van der Waals surface area contributed by atoms with Crippen LogP contribution in [-0.4, -0.2) is 23.0 Å². The van der Waals surface area contributed by atoms with Crippen molar-refractivity contribution in [3.8, 4) is 5.75 Å². The summed E-state index contributed by atoms with van der Waals surface area (Å²) in [6.45, 7) is 3.42. The monoisotopic (exact) mass is 321 g/mol. The molecule has 2 rings (SSSR count). The average molecular weight is 322 g/mol. The number of anilines is 1. The van der Waals surface area contributed by atoms with Crippen LogP contribution in [0.2, 0.25) is 5.02 Å². The molecule has 1 heterocycles. The van der Waals surface area contributed by atoms with E-state index in [1.165, 1.54) is 7.11 Å². The standard InChI is InChI=1S/C14H16ClN5O2/c1-7-8(2)17-14(19-12(7)21)20-13(16)18-10-6-9(15)4-5-11(10)22-3/h4-6H,1-3H3,(H4,16,17,18,19,20,21). The first-order valence-electron chi connectivity index (χ1n) is 6.43. The Balaban J connectivity index is 2.31. The highest BCUT2D eigenvalue weighted by Crippen LogP contribution is 2.27. The van der Waals surface area contributed by atoms with Crippen molar-refractivity contribution in [2.45, 2.75) is 13.8 Å². The third-order valence-electron chi connectivity index (χ3n) is 3.03. The molecule has 0 saturated heterocycles. The number of aryl methyl sites for hydroxylation is 1. The Morgan fingerprint density at radius 2 is 2.18 bits per heavy atom. The summed E-state index contributed by atoms with van der Waals surface area (Å²) in [6.07, 6.45) is 0. The smallest absolute Gasteiger partial charge is 0.255 e. The quantitative estimate of drug-likeness (QED) is 0.593. The van der Waals surface area contributed by atoms with E-state index >= 15 is 0 Å². The van der Waals surface area contributed by atoms with Crippen molar-refractivity contribution in [3.63, 3.8) is 0 Å². The van der Waals surface area contributed by atoms with E-state index in [0.717, 1.165) is 0 Å². The summed E-state index contributed by atoms with van der Waals surface area (Å²) in [5.41, 5.74) is 7.27. The molecule has 0 atom stereocenters. The molecule has 0 aliphatic carbocycles. The predicted octanol–water partition coefficient (Wildman–Crippen LogP) is 2.11. The van der Waals surface area contributed by atoms with Gasteiger partial charge in [0.2, 0.25) is 11.9 Å². The van der Waals surface area contributed by atoms with Crippen LogP contribution in [0.25, 0.3) is 0 Å². The first-order valence-corrected chi connectivity index (χ1v) is 6.80. The Hall–Kier alpha value is -2.54. The van der Waals surface area contributed by atoms with Crippen LogP contribution in [0.4, 0.5) is 11.6 Å². The number of aromatic nitrogens is 2. The number of hydrogen-bond donors (Lipinski definition) is 3. The van der Waals surface area contributed by atoms with E-state index in [0.29, 0.717) is 27.7 Å². The van der Waals surface area contributed by atoms with Crippen LogP contribution in [0.15, 0.2) is 28.0 Å². The lowest BCUT2D eigenvalue weighted by Gasteiger charge is -2.10. The van der Waals surface area contributed by atoms with Gasteiger partial charge in [0.05, 0.1) is 12.8 Å². The second-order valence-electron chi connectivity index (χ2n) is 4.57. The minimum Gasteiger partial charge on any atom is -0.495 e. The Morgan fingerprint density at radius 1 is 1.45 bits per heavy atom. The zero-order valence-electron chi connectivity index (χ0n) is 12.4. The van der Waals surface area contributed by atoms with Gasteiger partial charge in [0, 0.05) is 16.3 Å². The van der Waals surface area contributed by atoms with Crippen LogP contribution in [0.5, 0.6) is 5.75 Å². The summed E-state index contributed by atoms with van der Waals surface area (Å²) in [7, 11) is 1.53. The van der Waals surface area contributed by atoms with E-state index in [1.807, 2.05) is 0 Å². The lowest BCUT2D eigenvalue weighted by atomic mass is 10.3. The molecule has 7 nitrogen and oxygen atoms in total. The summed E-state index contributed by atoms with van der Waals surface area (Å²) >= 11 is 5.94. The van der Waals surface area contributed by atoms with Gasteiger partial charge in [-0.3, -0.25) is 9.78 Å². The maximum atomic E-state index is 11.7. The maximum absolute atomic E-state index is 11.7. The molecule has 0 aliphatic rings. The van der Waals surface area contributed by atoms with E-state index in [-0.39, 0.29) is 17.5 Å². The van der Waals surface area contributed by atoms with Gasteiger partial charge in [0.1, 0.15) is 5.75 Å². The van der Waals surface area contributed by atoms with Gasteiger partial charge in [-0.15, -0.1) is 0 Å². The fourth-order valence-electron chi connectivity index (χ4n) is 1.74. The number of guanidine groups is 1. The van der Waals surface area contributed by atoms with Crippen LogP contribution >= 0.6 is 11.6 Å². The van der Waals surface area contributed by atoms with Crippen LogP contribution in [0.3, 0.4) is 0 Å². The van der Waals surface area contributed by atoms with Crippen molar-refractivity contribution in [2.24, 2.45) is 10.7 Å². The molecular formula is C14H16ClN5O2. The third kappa shape index (κ3) is 3.56. The number of rotatable bonds is 3. The van der Waals surface area contributed by atoms with Gasteiger partial charge in [0.25, 0.3) is 5.56 Å². The lowest BCUT2D eigenvalue weighted by Crippen LogP contribution is -2.23. The Bertz CT molecular complexity index is 785. The van der Waals surface area contributed by atoms with Gasteiger partial charge in [-0.2, -0.15) is 4.99 Å². The summed E-state index contributed by atoms with van der Waals surface area (Å²) < 4.78 is 5.20. The molecule has 1 aromatic heterocycles. The normalized spacial score (nSPS) is 11.4. The largest absolute Gasteiger partial charge is 0.495 e. The fourth-order valence-corrected chi connectivity index (χ4v) is 1.91. The second kappa shape index (κ2) is 6.48. The van der Waals surface area contributed by atoms with Crippen LogP contribution < -0.4 is 21.3 Å². The molecule has 0 aliphatic heterocycles. The number of aromatic amines is 1. The van der Waals surface area contributed by atoms with Crippen molar-refractivity contribution in [1.29, 1.82) is 0 Å². The minimum absolute atomic E-state index is 0.0481. The van der Waals surface area contributed by atoms with E-state index in [2.05, 4.69) is 20.3 Å². The Kier molecular flexibility index (Phi) is 4.67. The van der Waals surface area contributed by atoms with Gasteiger partial charge in [-0.1, -0.05) is 11.6 Å². The highest BCUT2D eigenvalue weighted by molar-refractivity contribution is 6.31. The number of halogens is 1. The molecule has 0 saturated carbocycles. The number of aliphatic imine (C=N–C) groups is 1. The van der Waals surface area contributed by atoms with E-state index < -0.39 is 0 Å². The molecular weight excluding hydrogens is 306 g/mol. The fraction of sp³-hybridized carbons (Fsp3) is 0.214. The summed E-state index contributed by atoms with van der Waals surface area (Å²) in [4.78, 5) is 22.4. The number of methoxy groups -OCH3 is 1. The van der Waals surface area contributed by atoms with Crippen LogP contribution in [0, 0.1) is 13.8 Å². The average Bonchev–Trinajstić information content (AvgIpc) is 2.44. The number of hydrogen-bond acceptors (Lipinski definition) is 4. The van der Waals surface area contributed by atoms with Gasteiger partial charge in [0.15, 0.2) is 0 Å². The first-order chi connectivity index (χ1) is 10.4. The number of benzene rings is 1. The molecule has 22 heavy (non-hydrogen) atoms. The summed E-state index contributed by atoms with van der Waals surface area (Å²) in [5.74, 6) is 0.732. The van der Waals surface area contributed by atoms with Crippen molar-refractivity contribution < 1.29 is 4.74 Å². The van der Waals surface area contributed by atoms with E-state index in [1.54, 1.807) is 32.0 Å². The topological polar surface area (TPSA) is 105 Å². The number of ether oxygens (including phenoxy) is 1. The maximum Gasteiger partial charge on any atom is 0.255 e. The minimum atomic E-state index is -0.251. The number of nitrogens with one attached hydrogen (secondary N) is 2. The van der Waals surface area contributed by atoms with E-state index in [4.69, 9.17) is 22.1 Å². The molecule has 0 spiro atoms. The molecule has 0 fully saturated rings. The van der Waals surface area contributed by atoms with Gasteiger partial charge in [-0.05, 0) is 32.0 Å². The SMILES string of the molecule is COc1ccc(Cl)cc1N/C(N)=N\c1nc(C)c(C)c(=O)[nH]1. The van der Waals surface area contributed by atoms with Gasteiger partial charge < -0.3 is 15.8 Å². The molecule has 4 N–H and O–H groups in total. The zero-order valence-corrected chi connectivity index (χ0v) is 13.2. The van der Waals surface area contributed by atoms with Crippen molar-refractivity contribution in [3.05, 3.63) is 44.8 Å². The third-order valence-corrected chi connectivity index (χ3v) is 3.27. The molecule has 8 heteroatoms. The molecule has 116 valence electrons. The van der Waals surface area contributed by atoms with Crippen molar-refractivity contribution in [2.75, 3.05) is 12.4 Å². The second-order valence-corrected chi connectivity index (χ2v) is 5.00. The molecule has 0 amide bonds. The number of nitrogens with zero attached hydrogens (tertiary/aromatic N) is 2. The first kappa shape index (κ1) is 15.8. The Labute approximate surface area is 132 Å². The summed E-state index contributed by atoms with van der Waals surface area (Å²) in [5, 5.41) is 3.38. The predicted molar refractivity (Wildman–Crippen MR) is 87.2 cm³/mol. The van der Waals surface area contributed by atoms with Gasteiger partial charge in [-0.25, -0.2) is 4.98 Å². The number of H-pyrrole nitrogens is 1. The highest BCUT2D eigenvalue weighted by Gasteiger charge is 2.07. The van der Waals surface area contributed by atoms with Crippen LogP contribution in [-0.2, 0) is 0 Å². The van der Waals surface area contributed by atoms with Gasteiger partial charge >= 0.3 is 0 Å². The Morgan fingerprint density at radius 3 is 2.82 bits per heavy atom. The molecule has 0 bridgehead atoms. The molecule has 0 unspecified atom stereocenters. The van der Waals surface area contributed by atoms with Crippen molar-refractivity contribution in [1.82, 2.24) is 9.97 Å². The number of nitrogens with two attached hydrogens (primary N) is 1. The molecule has 0 radical (unpaired) electrons. The molecule has 1 aromatic carbocycles. The van der Waals surface area contributed by atoms with E-state index in [9.17, 15) is 4.79 Å². The molecule has 2 aromatic rings. The highest BCUT2D eigenvalue weighted by atomic mass is 35.5. The zero-order chi connectivity index (χ0) is 16.3. The summed E-state index contributed by atoms with van der Waals surface area (Å²) in [6, 6.07) is 5.05. The lowest BCUT2D eigenvalue weighted by molar-refractivity contribution is 0.417.